The first-order valence-electron chi connectivity index (χ1n) is 9.75. The molecule has 0 aliphatic carbocycles. The van der Waals surface area contributed by atoms with E-state index in [0.29, 0.717) is 18.2 Å². The minimum Gasteiger partial charge on any atom is -0.355 e. The molecule has 152 valence electrons. The smallest absolute Gasteiger partial charge is 0.232 e. The number of nitrogens with zero attached hydrogens (tertiary/aromatic N) is 6. The molecule has 3 aromatic heterocycles. The first kappa shape index (κ1) is 18.7. The van der Waals surface area contributed by atoms with Gasteiger partial charge in [0.25, 0.3) is 0 Å². The van der Waals surface area contributed by atoms with Crippen molar-refractivity contribution in [2.24, 2.45) is 5.92 Å². The topological polar surface area (TPSA) is 88.8 Å². The maximum atomic E-state index is 12.6. The molecular weight excluding hydrogens is 398 g/mol. The number of carbonyl (C=O) groups is 1. The van der Waals surface area contributed by atoms with Crippen molar-refractivity contribution in [3.8, 4) is 5.82 Å². The summed E-state index contributed by atoms with van der Waals surface area (Å²) in [5.74, 6) is 1.43. The summed E-state index contributed by atoms with van der Waals surface area (Å²) in [5.41, 5.74) is 4.06. The highest BCUT2D eigenvalue weighted by atomic mass is 32.1. The summed E-state index contributed by atoms with van der Waals surface area (Å²) in [5, 5.41) is 8.09. The molecule has 8 nitrogen and oxygen atoms in total. The summed E-state index contributed by atoms with van der Waals surface area (Å²) >= 11 is 1.50. The Morgan fingerprint density at radius 2 is 1.90 bits per heavy atom. The molecular formula is C21H21N7OS. The molecule has 1 amide bonds. The van der Waals surface area contributed by atoms with Crippen LogP contribution in [0.15, 0.2) is 36.7 Å². The van der Waals surface area contributed by atoms with Gasteiger partial charge in [-0.3, -0.25) is 4.79 Å². The predicted octanol–water partition coefficient (Wildman–Crippen LogP) is 3.27. The zero-order chi connectivity index (χ0) is 20.8. The molecule has 0 bridgehead atoms. The molecule has 5 rings (SSSR count). The fourth-order valence-electron chi connectivity index (χ4n) is 3.61. The first-order valence-corrected chi connectivity index (χ1v) is 10.6. The van der Waals surface area contributed by atoms with Crippen LogP contribution in [0.25, 0.3) is 16.0 Å². The third-order valence-corrected chi connectivity index (χ3v) is 6.15. The number of rotatable bonds is 4. The van der Waals surface area contributed by atoms with E-state index >= 15 is 0 Å². The van der Waals surface area contributed by atoms with Crippen molar-refractivity contribution in [3.63, 3.8) is 0 Å². The number of aryl methyl sites for hydroxylation is 3. The lowest BCUT2D eigenvalue weighted by Gasteiger charge is -2.38. The van der Waals surface area contributed by atoms with Gasteiger partial charge in [-0.2, -0.15) is 5.10 Å². The van der Waals surface area contributed by atoms with Crippen molar-refractivity contribution in [2.45, 2.75) is 20.8 Å². The van der Waals surface area contributed by atoms with Gasteiger partial charge in [0.15, 0.2) is 10.9 Å². The third-order valence-electron chi connectivity index (χ3n) is 5.22. The van der Waals surface area contributed by atoms with Gasteiger partial charge in [0, 0.05) is 24.8 Å². The minimum absolute atomic E-state index is 0.00477. The summed E-state index contributed by atoms with van der Waals surface area (Å²) in [4.78, 5) is 27.9. The molecule has 30 heavy (non-hydrogen) atoms. The van der Waals surface area contributed by atoms with Crippen LogP contribution < -0.4 is 10.2 Å². The largest absolute Gasteiger partial charge is 0.355 e. The molecule has 1 N–H and O–H groups in total. The molecule has 9 heteroatoms. The molecule has 0 atom stereocenters. The lowest BCUT2D eigenvalue weighted by molar-refractivity contribution is -0.120. The van der Waals surface area contributed by atoms with E-state index in [1.807, 2.05) is 45.0 Å². The number of amides is 1. The average Bonchev–Trinajstić information content (AvgIpc) is 3.21. The molecule has 1 aliphatic rings. The molecule has 4 heterocycles. The van der Waals surface area contributed by atoms with Crippen LogP contribution in [0.2, 0.25) is 0 Å². The van der Waals surface area contributed by atoms with Crippen molar-refractivity contribution in [3.05, 3.63) is 53.6 Å². The van der Waals surface area contributed by atoms with E-state index in [9.17, 15) is 4.79 Å². The number of hydrogen-bond acceptors (Lipinski definition) is 7. The van der Waals surface area contributed by atoms with E-state index in [0.717, 1.165) is 33.2 Å². The molecule has 1 aromatic carbocycles. The molecule has 1 aliphatic heterocycles. The van der Waals surface area contributed by atoms with Crippen LogP contribution in [-0.2, 0) is 4.79 Å². The minimum atomic E-state index is -0.0918. The Morgan fingerprint density at radius 3 is 2.67 bits per heavy atom. The highest BCUT2D eigenvalue weighted by molar-refractivity contribution is 7.22. The highest BCUT2D eigenvalue weighted by Crippen LogP contribution is 2.29. The third kappa shape index (κ3) is 3.41. The Bertz CT molecular complexity index is 1260. The maximum absolute atomic E-state index is 12.6. The van der Waals surface area contributed by atoms with Gasteiger partial charge < -0.3 is 10.2 Å². The van der Waals surface area contributed by atoms with E-state index < -0.39 is 0 Å². The summed E-state index contributed by atoms with van der Waals surface area (Å²) in [6, 6.07) is 10.0. The van der Waals surface area contributed by atoms with E-state index in [1.54, 1.807) is 4.68 Å². The fraction of sp³-hybridized carbons (Fsp3) is 0.286. The van der Waals surface area contributed by atoms with E-state index in [-0.39, 0.29) is 11.8 Å². The summed E-state index contributed by atoms with van der Waals surface area (Å²) < 4.78 is 2.89. The SMILES string of the molecule is Cc1ccc2nc(NC(=O)C3CN(c4cc(-n5nc(C)cc5C)ncn4)C3)sc2c1. The zero-order valence-electron chi connectivity index (χ0n) is 17.0. The highest BCUT2D eigenvalue weighted by Gasteiger charge is 2.34. The van der Waals surface area contributed by atoms with Crippen molar-refractivity contribution in [1.29, 1.82) is 0 Å². The van der Waals surface area contributed by atoms with Gasteiger partial charge in [-0.25, -0.2) is 19.6 Å². The molecule has 4 aromatic rings. The van der Waals surface area contributed by atoms with Crippen molar-refractivity contribution in [1.82, 2.24) is 24.7 Å². The maximum Gasteiger partial charge on any atom is 0.232 e. The number of fused-ring (bicyclic) bond motifs is 1. The second-order valence-electron chi connectivity index (χ2n) is 7.65. The van der Waals surface area contributed by atoms with Crippen LogP contribution in [0.4, 0.5) is 10.9 Å². The van der Waals surface area contributed by atoms with Gasteiger partial charge >= 0.3 is 0 Å². The van der Waals surface area contributed by atoms with Crippen LogP contribution in [0, 0.1) is 26.7 Å². The molecule has 1 saturated heterocycles. The molecule has 0 saturated carbocycles. The Balaban J connectivity index is 1.25. The van der Waals surface area contributed by atoms with Crippen molar-refractivity contribution in [2.75, 3.05) is 23.3 Å². The lowest BCUT2D eigenvalue weighted by atomic mass is 9.99. The normalized spacial score (nSPS) is 14.2. The summed E-state index contributed by atoms with van der Waals surface area (Å²) in [7, 11) is 0. The molecule has 0 spiro atoms. The van der Waals surface area contributed by atoms with Crippen LogP contribution >= 0.6 is 11.3 Å². The van der Waals surface area contributed by atoms with Gasteiger partial charge in [-0.1, -0.05) is 17.4 Å². The van der Waals surface area contributed by atoms with Gasteiger partial charge in [-0.05, 0) is 44.5 Å². The number of aromatic nitrogens is 5. The second kappa shape index (κ2) is 7.17. The van der Waals surface area contributed by atoms with Crippen LogP contribution in [0.3, 0.4) is 0 Å². The molecule has 0 unspecified atom stereocenters. The lowest BCUT2D eigenvalue weighted by Crippen LogP contribution is -2.52. The Morgan fingerprint density at radius 1 is 1.10 bits per heavy atom. The molecule has 0 radical (unpaired) electrons. The van der Waals surface area contributed by atoms with Gasteiger partial charge in [-0.15, -0.1) is 0 Å². The first-order chi connectivity index (χ1) is 14.5. The predicted molar refractivity (Wildman–Crippen MR) is 117 cm³/mol. The second-order valence-corrected chi connectivity index (χ2v) is 8.69. The van der Waals surface area contributed by atoms with Crippen LogP contribution in [0.1, 0.15) is 17.0 Å². The monoisotopic (exact) mass is 419 g/mol. The van der Waals surface area contributed by atoms with Gasteiger partial charge in [0.2, 0.25) is 5.91 Å². The standard InChI is InChI=1S/C21H21N7OS/c1-12-4-5-16-17(6-12)30-21(24-16)25-20(29)15-9-27(10-15)18-8-19(23-11-22-18)28-14(3)7-13(2)26-28/h4-8,11,15H,9-10H2,1-3H3,(H,24,25,29). The van der Waals surface area contributed by atoms with Gasteiger partial charge in [0.1, 0.15) is 12.1 Å². The van der Waals surface area contributed by atoms with Crippen LogP contribution in [0.5, 0.6) is 0 Å². The Kier molecular flexibility index (Phi) is 4.47. The Labute approximate surface area is 177 Å². The number of hydrogen-bond donors (Lipinski definition) is 1. The average molecular weight is 420 g/mol. The number of anilines is 2. The number of thiazole rings is 1. The number of carbonyl (C=O) groups excluding carboxylic acids is 1. The van der Waals surface area contributed by atoms with Crippen molar-refractivity contribution < 1.29 is 4.79 Å². The van der Waals surface area contributed by atoms with E-state index in [1.165, 1.54) is 23.2 Å². The Hall–Kier alpha value is -3.33. The summed E-state index contributed by atoms with van der Waals surface area (Å²) in [6.45, 7) is 7.23. The fourth-order valence-corrected chi connectivity index (χ4v) is 4.58. The van der Waals surface area contributed by atoms with Crippen LogP contribution in [-0.4, -0.2) is 43.7 Å². The summed E-state index contributed by atoms with van der Waals surface area (Å²) in [6.07, 6.45) is 1.54. The van der Waals surface area contributed by atoms with Gasteiger partial charge in [0.05, 0.1) is 21.8 Å². The quantitative estimate of drug-likeness (QED) is 0.546. The number of benzene rings is 1. The molecule has 1 fully saturated rings. The number of nitrogens with one attached hydrogen (secondary N) is 1. The van der Waals surface area contributed by atoms with Crippen molar-refractivity contribution >= 4 is 38.4 Å². The zero-order valence-corrected chi connectivity index (χ0v) is 17.8. The van der Waals surface area contributed by atoms with E-state index in [2.05, 4.69) is 36.3 Å². The van der Waals surface area contributed by atoms with E-state index in [4.69, 9.17) is 0 Å².